The Balaban J connectivity index is 4.31. The standard InChI is InChI=1S/C13H18O/c1-4-7-10-12(11-8-5-2)13(14)9-6-3/h3-4,10,12H,5,8-9,11H2,1-2H3. The SMILES string of the molecule is C#CCC(=O)C(C=C=CC)CCCC. The summed E-state index contributed by atoms with van der Waals surface area (Å²) < 4.78 is 0. The lowest BCUT2D eigenvalue weighted by Gasteiger charge is -2.07. The molecule has 14 heavy (non-hydrogen) atoms. The Morgan fingerprint density at radius 2 is 2.29 bits per heavy atom. The monoisotopic (exact) mass is 190 g/mol. The van der Waals surface area contributed by atoms with Crippen molar-refractivity contribution in [2.75, 3.05) is 0 Å². The molecule has 0 aromatic carbocycles. The second-order valence-electron chi connectivity index (χ2n) is 3.22. The maximum Gasteiger partial charge on any atom is 0.152 e. The minimum absolute atomic E-state index is 0.0396. The molecule has 76 valence electrons. The van der Waals surface area contributed by atoms with Gasteiger partial charge in [0.15, 0.2) is 5.78 Å². The zero-order valence-electron chi connectivity index (χ0n) is 9.05. The van der Waals surface area contributed by atoms with E-state index in [0.29, 0.717) is 0 Å². The van der Waals surface area contributed by atoms with Crippen molar-refractivity contribution in [3.05, 3.63) is 17.9 Å². The van der Waals surface area contributed by atoms with Gasteiger partial charge in [-0.05, 0) is 25.5 Å². The predicted molar refractivity (Wildman–Crippen MR) is 59.8 cm³/mol. The normalized spacial score (nSPS) is 10.9. The third kappa shape index (κ3) is 5.41. The van der Waals surface area contributed by atoms with Crippen LogP contribution in [0.4, 0.5) is 0 Å². The van der Waals surface area contributed by atoms with Crippen LogP contribution >= 0.6 is 0 Å². The first-order chi connectivity index (χ1) is 6.76. The molecule has 0 radical (unpaired) electrons. The molecule has 0 saturated carbocycles. The molecule has 0 heterocycles. The summed E-state index contributed by atoms with van der Waals surface area (Å²) in [5.74, 6) is 2.49. The maximum absolute atomic E-state index is 11.5. The molecule has 0 fully saturated rings. The number of Topliss-reactive ketones (excluding diaryl/α,β-unsaturated/α-hetero) is 1. The third-order valence-corrected chi connectivity index (χ3v) is 2.02. The van der Waals surface area contributed by atoms with Gasteiger partial charge in [-0.1, -0.05) is 25.7 Å². The van der Waals surface area contributed by atoms with Crippen molar-refractivity contribution in [1.29, 1.82) is 0 Å². The number of allylic oxidation sites excluding steroid dienone is 1. The van der Waals surface area contributed by atoms with Gasteiger partial charge in [0, 0.05) is 5.92 Å². The van der Waals surface area contributed by atoms with E-state index in [1.165, 1.54) is 0 Å². The second kappa shape index (κ2) is 8.35. The Hall–Kier alpha value is -1.25. The molecule has 0 aromatic heterocycles. The van der Waals surface area contributed by atoms with Crippen LogP contribution in [0.3, 0.4) is 0 Å². The van der Waals surface area contributed by atoms with Crippen LogP contribution < -0.4 is 0 Å². The van der Waals surface area contributed by atoms with E-state index in [0.717, 1.165) is 19.3 Å². The fourth-order valence-corrected chi connectivity index (χ4v) is 1.21. The average Bonchev–Trinajstić information content (AvgIpc) is 2.18. The van der Waals surface area contributed by atoms with Crippen LogP contribution in [0.1, 0.15) is 39.5 Å². The van der Waals surface area contributed by atoms with Crippen molar-refractivity contribution in [3.63, 3.8) is 0 Å². The number of hydrogen-bond donors (Lipinski definition) is 0. The Morgan fingerprint density at radius 3 is 2.79 bits per heavy atom. The number of terminal acetylenes is 1. The lowest BCUT2D eigenvalue weighted by atomic mass is 9.95. The summed E-state index contributed by atoms with van der Waals surface area (Å²) in [5.41, 5.74) is 2.96. The molecular formula is C13H18O. The molecule has 0 aliphatic rings. The molecule has 0 bridgehead atoms. The van der Waals surface area contributed by atoms with Crippen LogP contribution in [0.5, 0.6) is 0 Å². The topological polar surface area (TPSA) is 17.1 Å². The zero-order valence-corrected chi connectivity index (χ0v) is 9.05. The lowest BCUT2D eigenvalue weighted by molar-refractivity contribution is -0.120. The molecule has 1 unspecified atom stereocenters. The number of hydrogen-bond acceptors (Lipinski definition) is 1. The molecule has 0 aliphatic carbocycles. The van der Waals surface area contributed by atoms with Gasteiger partial charge in [0.05, 0.1) is 6.42 Å². The van der Waals surface area contributed by atoms with Gasteiger partial charge in [0.1, 0.15) is 0 Å². The fourth-order valence-electron chi connectivity index (χ4n) is 1.21. The van der Waals surface area contributed by atoms with Gasteiger partial charge in [-0.2, -0.15) is 0 Å². The Kier molecular flexibility index (Phi) is 7.61. The molecule has 0 aliphatic heterocycles. The van der Waals surface area contributed by atoms with Crippen LogP contribution in [-0.2, 0) is 4.79 Å². The van der Waals surface area contributed by atoms with E-state index in [1.54, 1.807) is 0 Å². The Labute approximate surface area is 86.9 Å². The number of ketones is 1. The van der Waals surface area contributed by atoms with Crippen LogP contribution in [0.25, 0.3) is 0 Å². The van der Waals surface area contributed by atoms with Crippen molar-refractivity contribution in [2.24, 2.45) is 5.92 Å². The molecular weight excluding hydrogens is 172 g/mol. The van der Waals surface area contributed by atoms with Gasteiger partial charge in [0.2, 0.25) is 0 Å². The highest BCUT2D eigenvalue weighted by Gasteiger charge is 2.12. The number of carbonyl (C=O) groups is 1. The highest BCUT2D eigenvalue weighted by Crippen LogP contribution is 2.12. The number of rotatable bonds is 6. The van der Waals surface area contributed by atoms with Crippen LogP contribution in [0.2, 0.25) is 0 Å². The largest absolute Gasteiger partial charge is 0.298 e. The second-order valence-corrected chi connectivity index (χ2v) is 3.22. The Morgan fingerprint density at radius 1 is 1.57 bits per heavy atom. The summed E-state index contributed by atoms with van der Waals surface area (Å²) >= 11 is 0. The van der Waals surface area contributed by atoms with Crippen molar-refractivity contribution in [2.45, 2.75) is 39.5 Å². The van der Waals surface area contributed by atoms with Crippen LogP contribution in [0, 0.1) is 18.3 Å². The highest BCUT2D eigenvalue weighted by atomic mass is 16.1. The van der Waals surface area contributed by atoms with E-state index in [4.69, 9.17) is 6.42 Å². The third-order valence-electron chi connectivity index (χ3n) is 2.02. The lowest BCUT2D eigenvalue weighted by Crippen LogP contribution is -2.10. The van der Waals surface area contributed by atoms with E-state index >= 15 is 0 Å². The van der Waals surface area contributed by atoms with Gasteiger partial charge in [0.25, 0.3) is 0 Å². The Bertz CT molecular complexity index is 261. The van der Waals surface area contributed by atoms with Gasteiger partial charge in [-0.15, -0.1) is 12.2 Å². The molecule has 1 heteroatoms. The van der Waals surface area contributed by atoms with Gasteiger partial charge >= 0.3 is 0 Å². The summed E-state index contributed by atoms with van der Waals surface area (Å²) in [6, 6.07) is 0. The van der Waals surface area contributed by atoms with Crippen molar-refractivity contribution >= 4 is 5.78 Å². The smallest absolute Gasteiger partial charge is 0.152 e. The summed E-state index contributed by atoms with van der Waals surface area (Å²) in [6.45, 7) is 4.00. The van der Waals surface area contributed by atoms with Gasteiger partial charge in [-0.3, -0.25) is 4.79 Å². The summed E-state index contributed by atoms with van der Waals surface area (Å²) in [4.78, 5) is 11.5. The van der Waals surface area contributed by atoms with Crippen molar-refractivity contribution < 1.29 is 4.79 Å². The summed E-state index contributed by atoms with van der Waals surface area (Å²) in [6.07, 6.45) is 12.0. The minimum Gasteiger partial charge on any atom is -0.298 e. The molecule has 0 saturated heterocycles. The van der Waals surface area contributed by atoms with E-state index in [1.807, 2.05) is 19.1 Å². The van der Waals surface area contributed by atoms with Crippen LogP contribution in [-0.4, -0.2) is 5.78 Å². The number of unbranched alkanes of at least 4 members (excludes halogenated alkanes) is 1. The molecule has 0 rings (SSSR count). The first-order valence-corrected chi connectivity index (χ1v) is 5.09. The molecule has 0 aromatic rings. The predicted octanol–water partition coefficient (Wildman–Crippen LogP) is 3.12. The van der Waals surface area contributed by atoms with Crippen LogP contribution in [0.15, 0.2) is 17.9 Å². The zero-order chi connectivity index (χ0) is 10.8. The number of carbonyl (C=O) groups excluding carboxylic acids is 1. The molecule has 1 atom stereocenters. The summed E-state index contributed by atoms with van der Waals surface area (Å²) in [5, 5.41) is 0. The van der Waals surface area contributed by atoms with E-state index < -0.39 is 0 Å². The molecule has 0 N–H and O–H groups in total. The molecule has 0 amide bonds. The van der Waals surface area contributed by atoms with E-state index in [2.05, 4.69) is 18.6 Å². The molecule has 1 nitrogen and oxygen atoms in total. The van der Waals surface area contributed by atoms with Crippen molar-refractivity contribution in [3.8, 4) is 12.3 Å². The first-order valence-electron chi connectivity index (χ1n) is 5.09. The quantitative estimate of drug-likeness (QED) is 0.464. The van der Waals surface area contributed by atoms with E-state index in [9.17, 15) is 4.79 Å². The van der Waals surface area contributed by atoms with Crippen molar-refractivity contribution in [1.82, 2.24) is 0 Å². The molecule has 0 spiro atoms. The minimum atomic E-state index is -0.0396. The highest BCUT2D eigenvalue weighted by molar-refractivity contribution is 5.84. The van der Waals surface area contributed by atoms with E-state index in [-0.39, 0.29) is 18.1 Å². The first kappa shape index (κ1) is 12.8. The maximum atomic E-state index is 11.5. The summed E-state index contributed by atoms with van der Waals surface area (Å²) in [7, 11) is 0. The van der Waals surface area contributed by atoms with Gasteiger partial charge in [-0.25, -0.2) is 0 Å². The average molecular weight is 190 g/mol. The van der Waals surface area contributed by atoms with Gasteiger partial charge < -0.3 is 0 Å². The fraction of sp³-hybridized carbons (Fsp3) is 0.538.